The number of esters is 1. The van der Waals surface area contributed by atoms with Gasteiger partial charge in [0.2, 0.25) is 0 Å². The van der Waals surface area contributed by atoms with E-state index in [2.05, 4.69) is 4.99 Å². The predicted molar refractivity (Wildman–Crippen MR) is 74.7 cm³/mol. The Hall–Kier alpha value is -1.85. The quantitative estimate of drug-likeness (QED) is 0.572. The van der Waals surface area contributed by atoms with Crippen LogP contribution in [0.2, 0.25) is 0 Å². The number of hydrogen-bond acceptors (Lipinski definition) is 3. The molecule has 1 aromatic rings. The first-order chi connectivity index (χ1) is 9.86. The van der Waals surface area contributed by atoms with Crippen molar-refractivity contribution in [1.82, 2.24) is 0 Å². The van der Waals surface area contributed by atoms with Crippen LogP contribution >= 0.6 is 0 Å². The molecule has 6 heteroatoms. The molecule has 0 radical (unpaired) electrons. The predicted octanol–water partition coefficient (Wildman–Crippen LogP) is 4.53. The first-order valence-electron chi connectivity index (χ1n) is 6.76. The van der Waals surface area contributed by atoms with E-state index in [0.29, 0.717) is 12.1 Å². The van der Waals surface area contributed by atoms with Crippen molar-refractivity contribution >= 4 is 17.4 Å². The molecule has 0 unspecified atom stereocenters. The van der Waals surface area contributed by atoms with Gasteiger partial charge in [-0.15, -0.1) is 0 Å². The zero-order chi connectivity index (χ0) is 15.9. The Morgan fingerprint density at radius 2 is 2.00 bits per heavy atom. The molecule has 0 amide bonds. The Balaban J connectivity index is 2.97. The summed E-state index contributed by atoms with van der Waals surface area (Å²) in [6, 6.07) is 4.75. The average Bonchev–Trinajstić information content (AvgIpc) is 2.38. The van der Waals surface area contributed by atoms with E-state index in [-0.39, 0.29) is 18.7 Å². The van der Waals surface area contributed by atoms with Crippen LogP contribution in [0.5, 0.6) is 0 Å². The van der Waals surface area contributed by atoms with Crippen molar-refractivity contribution in [2.75, 3.05) is 6.61 Å². The molecule has 0 aromatic heterocycles. The summed E-state index contributed by atoms with van der Waals surface area (Å²) in [6.07, 6.45) is -3.12. The maximum atomic E-state index is 12.6. The van der Waals surface area contributed by atoms with E-state index in [1.807, 2.05) is 6.92 Å². The summed E-state index contributed by atoms with van der Waals surface area (Å²) in [7, 11) is 0. The SMILES string of the molecule is CCCC(CC(=O)OCC)=Nc1cccc(C(F)(F)F)c1. The molecule has 0 aliphatic heterocycles. The standard InChI is InChI=1S/C15H18F3NO2/c1-3-6-12(10-14(20)21-4-2)19-13-8-5-7-11(9-13)15(16,17)18/h5,7-9H,3-4,6,10H2,1-2H3. The number of benzene rings is 1. The minimum atomic E-state index is -4.41. The van der Waals surface area contributed by atoms with Crippen molar-refractivity contribution in [1.29, 1.82) is 0 Å². The van der Waals surface area contributed by atoms with Crippen molar-refractivity contribution in [3.8, 4) is 0 Å². The molecule has 3 nitrogen and oxygen atoms in total. The molecule has 21 heavy (non-hydrogen) atoms. The van der Waals surface area contributed by atoms with Gasteiger partial charge in [0.05, 0.1) is 24.3 Å². The summed E-state index contributed by atoms with van der Waals surface area (Å²) in [6.45, 7) is 3.87. The van der Waals surface area contributed by atoms with Gasteiger partial charge in [-0.1, -0.05) is 19.4 Å². The van der Waals surface area contributed by atoms with Crippen LogP contribution < -0.4 is 0 Å². The molecule has 0 heterocycles. The second-order valence-electron chi connectivity index (χ2n) is 4.46. The lowest BCUT2D eigenvalue weighted by Crippen LogP contribution is -2.11. The average molecular weight is 301 g/mol. The fourth-order valence-corrected chi connectivity index (χ4v) is 1.79. The van der Waals surface area contributed by atoms with E-state index in [0.717, 1.165) is 18.6 Å². The van der Waals surface area contributed by atoms with Crippen LogP contribution in [0.3, 0.4) is 0 Å². The van der Waals surface area contributed by atoms with Crippen LogP contribution in [-0.4, -0.2) is 18.3 Å². The van der Waals surface area contributed by atoms with E-state index in [9.17, 15) is 18.0 Å². The van der Waals surface area contributed by atoms with Crippen LogP contribution in [0, 0.1) is 0 Å². The Morgan fingerprint density at radius 1 is 1.29 bits per heavy atom. The van der Waals surface area contributed by atoms with E-state index in [4.69, 9.17) is 4.74 Å². The highest BCUT2D eigenvalue weighted by Gasteiger charge is 2.30. The summed E-state index contributed by atoms with van der Waals surface area (Å²) in [5, 5.41) is 0. The molecule has 0 aliphatic carbocycles. The highest BCUT2D eigenvalue weighted by atomic mass is 19.4. The molecule has 0 N–H and O–H groups in total. The number of nitrogens with zero attached hydrogens (tertiary/aromatic N) is 1. The molecule has 0 saturated heterocycles. The highest BCUT2D eigenvalue weighted by Crippen LogP contribution is 2.31. The molecule has 116 valence electrons. The number of aliphatic imine (C=N–C) groups is 1. The van der Waals surface area contributed by atoms with Crippen molar-refractivity contribution in [3.63, 3.8) is 0 Å². The summed E-state index contributed by atoms with van der Waals surface area (Å²) >= 11 is 0. The first-order valence-corrected chi connectivity index (χ1v) is 6.76. The zero-order valence-corrected chi connectivity index (χ0v) is 12.0. The summed E-state index contributed by atoms with van der Waals surface area (Å²) < 4.78 is 42.8. The molecule has 0 bridgehead atoms. The molecule has 1 aromatic carbocycles. The Bertz CT molecular complexity index is 510. The summed E-state index contributed by atoms with van der Waals surface area (Å²) in [5.41, 5.74) is -0.0384. The highest BCUT2D eigenvalue weighted by molar-refractivity contribution is 6.00. The summed E-state index contributed by atoms with van der Waals surface area (Å²) in [5.74, 6) is -0.420. The van der Waals surface area contributed by atoms with Gasteiger partial charge in [0.15, 0.2) is 0 Å². The van der Waals surface area contributed by atoms with Crippen LogP contribution in [0.4, 0.5) is 18.9 Å². The topological polar surface area (TPSA) is 38.7 Å². The smallest absolute Gasteiger partial charge is 0.416 e. The molecule has 0 spiro atoms. The number of halogens is 3. The Labute approximate surface area is 121 Å². The number of carbonyl (C=O) groups excluding carboxylic acids is 1. The number of alkyl halides is 3. The Morgan fingerprint density at radius 3 is 2.57 bits per heavy atom. The number of rotatable bonds is 6. The lowest BCUT2D eigenvalue weighted by molar-refractivity contribution is -0.141. The summed E-state index contributed by atoms with van der Waals surface area (Å²) in [4.78, 5) is 15.6. The molecule has 0 saturated carbocycles. The zero-order valence-electron chi connectivity index (χ0n) is 12.0. The third-order valence-electron chi connectivity index (χ3n) is 2.65. The van der Waals surface area contributed by atoms with Crippen LogP contribution in [-0.2, 0) is 15.7 Å². The number of carbonyl (C=O) groups is 1. The van der Waals surface area contributed by atoms with Gasteiger partial charge in [-0.05, 0) is 31.5 Å². The van der Waals surface area contributed by atoms with Crippen LogP contribution in [0.25, 0.3) is 0 Å². The molecule has 0 atom stereocenters. The monoisotopic (exact) mass is 301 g/mol. The minimum Gasteiger partial charge on any atom is -0.466 e. The molecular formula is C15H18F3NO2. The Kier molecular flexibility index (Phi) is 6.39. The van der Waals surface area contributed by atoms with Gasteiger partial charge in [0.1, 0.15) is 0 Å². The van der Waals surface area contributed by atoms with E-state index in [1.165, 1.54) is 12.1 Å². The van der Waals surface area contributed by atoms with Gasteiger partial charge in [-0.25, -0.2) is 0 Å². The third kappa shape index (κ3) is 5.97. The molecule has 0 fully saturated rings. The third-order valence-corrected chi connectivity index (χ3v) is 2.65. The lowest BCUT2D eigenvalue weighted by atomic mass is 10.1. The van der Waals surface area contributed by atoms with Crippen molar-refractivity contribution < 1.29 is 22.7 Å². The van der Waals surface area contributed by atoms with Gasteiger partial charge in [0, 0.05) is 5.71 Å². The van der Waals surface area contributed by atoms with Crippen LogP contribution in [0.1, 0.15) is 38.7 Å². The maximum absolute atomic E-state index is 12.6. The van der Waals surface area contributed by atoms with Crippen molar-refractivity contribution in [2.45, 2.75) is 39.3 Å². The van der Waals surface area contributed by atoms with Gasteiger partial charge in [0.25, 0.3) is 0 Å². The normalized spacial score (nSPS) is 12.3. The van der Waals surface area contributed by atoms with Gasteiger partial charge in [-0.3, -0.25) is 9.79 Å². The van der Waals surface area contributed by atoms with E-state index < -0.39 is 17.7 Å². The van der Waals surface area contributed by atoms with E-state index in [1.54, 1.807) is 6.92 Å². The second-order valence-corrected chi connectivity index (χ2v) is 4.46. The first kappa shape index (κ1) is 17.2. The fraction of sp³-hybridized carbons (Fsp3) is 0.467. The van der Waals surface area contributed by atoms with Gasteiger partial charge >= 0.3 is 12.1 Å². The fourth-order valence-electron chi connectivity index (χ4n) is 1.79. The van der Waals surface area contributed by atoms with Crippen LogP contribution in [0.15, 0.2) is 29.3 Å². The van der Waals surface area contributed by atoms with Gasteiger partial charge < -0.3 is 4.74 Å². The van der Waals surface area contributed by atoms with Crippen molar-refractivity contribution in [3.05, 3.63) is 29.8 Å². The number of hydrogen-bond donors (Lipinski definition) is 0. The van der Waals surface area contributed by atoms with Gasteiger partial charge in [-0.2, -0.15) is 13.2 Å². The lowest BCUT2D eigenvalue weighted by Gasteiger charge is -2.08. The molecule has 1 rings (SSSR count). The largest absolute Gasteiger partial charge is 0.466 e. The van der Waals surface area contributed by atoms with Crippen molar-refractivity contribution in [2.24, 2.45) is 4.99 Å². The second kappa shape index (κ2) is 7.81. The minimum absolute atomic E-state index is 0.00206. The molecule has 0 aliphatic rings. The maximum Gasteiger partial charge on any atom is 0.416 e. The molecular weight excluding hydrogens is 283 g/mol. The van der Waals surface area contributed by atoms with E-state index >= 15 is 0 Å². The number of ether oxygens (including phenoxy) is 1.